The van der Waals surface area contributed by atoms with Gasteiger partial charge < -0.3 is 20.1 Å². The molecular weight excluding hydrogens is 410 g/mol. The number of likely N-dealkylation sites (tertiary alicyclic amines) is 1. The predicted molar refractivity (Wildman–Crippen MR) is 128 cm³/mol. The summed E-state index contributed by atoms with van der Waals surface area (Å²) in [6.45, 7) is 9.48. The molecule has 0 radical (unpaired) electrons. The van der Waals surface area contributed by atoms with E-state index in [9.17, 15) is 0 Å². The second-order valence-corrected chi connectivity index (χ2v) is 9.34. The lowest BCUT2D eigenvalue weighted by Gasteiger charge is -2.32. The van der Waals surface area contributed by atoms with Gasteiger partial charge in [-0.05, 0) is 77.0 Å². The van der Waals surface area contributed by atoms with Crippen LogP contribution in [0.3, 0.4) is 0 Å². The number of piperidine rings is 1. The molecule has 1 saturated heterocycles. The normalized spacial score (nSPS) is 15.5. The molecule has 8 heteroatoms. The van der Waals surface area contributed by atoms with Gasteiger partial charge in [-0.25, -0.2) is 4.98 Å². The highest BCUT2D eigenvalue weighted by Gasteiger charge is 2.23. The number of para-hydroxylation sites is 2. The summed E-state index contributed by atoms with van der Waals surface area (Å²) in [5, 5.41) is 0.322. The van der Waals surface area contributed by atoms with E-state index in [-0.39, 0.29) is 5.60 Å². The molecule has 0 amide bonds. The van der Waals surface area contributed by atoms with Gasteiger partial charge in [0.05, 0.1) is 12.3 Å². The summed E-state index contributed by atoms with van der Waals surface area (Å²) in [6, 6.07) is 7.85. The van der Waals surface area contributed by atoms with E-state index in [2.05, 4.69) is 14.9 Å². The SMILES string of the molecule is CN(C(N)=S)c1ccccc1OCC1CCN(Cc2nccnc2OC(C)(C)C)CC1. The highest BCUT2D eigenvalue weighted by molar-refractivity contribution is 7.80. The van der Waals surface area contributed by atoms with Gasteiger partial charge >= 0.3 is 0 Å². The number of rotatable bonds is 7. The first-order valence-corrected chi connectivity index (χ1v) is 11.1. The van der Waals surface area contributed by atoms with Crippen LogP contribution in [0.2, 0.25) is 0 Å². The predicted octanol–water partition coefficient (Wildman–Crippen LogP) is 3.62. The first-order valence-electron chi connectivity index (χ1n) is 10.7. The van der Waals surface area contributed by atoms with E-state index in [0.29, 0.717) is 23.5 Å². The van der Waals surface area contributed by atoms with E-state index in [4.69, 9.17) is 27.4 Å². The molecule has 1 aliphatic heterocycles. The van der Waals surface area contributed by atoms with Gasteiger partial charge in [-0.15, -0.1) is 0 Å². The van der Waals surface area contributed by atoms with Gasteiger partial charge in [0.25, 0.3) is 0 Å². The van der Waals surface area contributed by atoms with Crippen molar-refractivity contribution < 1.29 is 9.47 Å². The Morgan fingerprint density at radius 1 is 1.19 bits per heavy atom. The monoisotopic (exact) mass is 443 g/mol. The minimum atomic E-state index is -0.298. The number of nitrogens with zero attached hydrogens (tertiary/aromatic N) is 4. The molecule has 3 rings (SSSR count). The maximum absolute atomic E-state index is 6.16. The molecule has 1 aromatic heterocycles. The lowest BCUT2D eigenvalue weighted by Crippen LogP contribution is -2.36. The Kier molecular flexibility index (Phi) is 7.67. The van der Waals surface area contributed by atoms with Gasteiger partial charge in [0, 0.05) is 26.0 Å². The van der Waals surface area contributed by atoms with Crippen LogP contribution in [-0.2, 0) is 6.54 Å². The fraction of sp³-hybridized carbons (Fsp3) is 0.522. The highest BCUT2D eigenvalue weighted by atomic mass is 32.1. The number of nitrogens with two attached hydrogens (primary N) is 1. The van der Waals surface area contributed by atoms with Crippen LogP contribution in [0.4, 0.5) is 5.69 Å². The van der Waals surface area contributed by atoms with Crippen LogP contribution in [0, 0.1) is 5.92 Å². The van der Waals surface area contributed by atoms with Gasteiger partial charge in [-0.1, -0.05) is 12.1 Å². The molecular formula is C23H33N5O2S. The third kappa shape index (κ3) is 6.77. The average molecular weight is 444 g/mol. The topological polar surface area (TPSA) is 76.7 Å². The van der Waals surface area contributed by atoms with Crippen molar-refractivity contribution in [1.29, 1.82) is 0 Å². The lowest BCUT2D eigenvalue weighted by atomic mass is 9.97. The molecule has 2 N–H and O–H groups in total. The smallest absolute Gasteiger partial charge is 0.237 e. The largest absolute Gasteiger partial charge is 0.491 e. The lowest BCUT2D eigenvalue weighted by molar-refractivity contribution is 0.112. The van der Waals surface area contributed by atoms with Crippen LogP contribution < -0.4 is 20.1 Å². The molecule has 2 aromatic rings. The molecule has 0 saturated carbocycles. The average Bonchev–Trinajstić information content (AvgIpc) is 2.73. The maximum atomic E-state index is 6.16. The second-order valence-electron chi connectivity index (χ2n) is 8.92. The zero-order valence-corrected chi connectivity index (χ0v) is 19.7. The Hall–Kier alpha value is -2.45. The van der Waals surface area contributed by atoms with Crippen molar-refractivity contribution in [3.8, 4) is 11.6 Å². The molecule has 168 valence electrons. The van der Waals surface area contributed by atoms with Crippen molar-refractivity contribution in [2.75, 3.05) is 31.6 Å². The molecule has 0 bridgehead atoms. The summed E-state index contributed by atoms with van der Waals surface area (Å²) >= 11 is 5.10. The number of anilines is 1. The molecule has 0 unspecified atom stereocenters. The third-order valence-electron chi connectivity index (χ3n) is 5.25. The van der Waals surface area contributed by atoms with Gasteiger partial charge in [0.15, 0.2) is 5.11 Å². The summed E-state index contributed by atoms with van der Waals surface area (Å²) in [6.07, 6.45) is 5.56. The van der Waals surface area contributed by atoms with E-state index < -0.39 is 0 Å². The Morgan fingerprint density at radius 3 is 2.55 bits per heavy atom. The maximum Gasteiger partial charge on any atom is 0.237 e. The Morgan fingerprint density at radius 2 is 1.87 bits per heavy atom. The molecule has 1 aromatic carbocycles. The molecule has 1 fully saturated rings. The van der Waals surface area contributed by atoms with E-state index in [1.807, 2.05) is 52.1 Å². The van der Waals surface area contributed by atoms with Crippen LogP contribution >= 0.6 is 12.2 Å². The van der Waals surface area contributed by atoms with Gasteiger partial charge in [0.1, 0.15) is 17.0 Å². The Balaban J connectivity index is 1.52. The fourth-order valence-electron chi connectivity index (χ4n) is 3.54. The minimum Gasteiger partial charge on any atom is -0.491 e. The van der Waals surface area contributed by atoms with E-state index in [1.165, 1.54) is 0 Å². The van der Waals surface area contributed by atoms with Crippen molar-refractivity contribution >= 4 is 23.0 Å². The number of thiocarbonyl (C=S) groups is 1. The van der Waals surface area contributed by atoms with Crippen LogP contribution in [0.5, 0.6) is 11.6 Å². The first kappa shape index (κ1) is 23.2. The number of ether oxygens (including phenoxy) is 2. The number of hydrogen-bond donors (Lipinski definition) is 1. The summed E-state index contributed by atoms with van der Waals surface area (Å²) in [4.78, 5) is 13.1. The van der Waals surface area contributed by atoms with Gasteiger partial charge in [0.2, 0.25) is 5.88 Å². The zero-order chi connectivity index (χ0) is 22.4. The zero-order valence-electron chi connectivity index (χ0n) is 18.9. The second kappa shape index (κ2) is 10.2. The van der Waals surface area contributed by atoms with Crippen molar-refractivity contribution in [1.82, 2.24) is 14.9 Å². The summed E-state index contributed by atoms with van der Waals surface area (Å²) < 4.78 is 12.1. The van der Waals surface area contributed by atoms with Crippen molar-refractivity contribution in [2.24, 2.45) is 11.7 Å². The highest BCUT2D eigenvalue weighted by Crippen LogP contribution is 2.29. The molecule has 31 heavy (non-hydrogen) atoms. The van der Waals surface area contributed by atoms with Crippen molar-refractivity contribution in [2.45, 2.75) is 45.8 Å². The summed E-state index contributed by atoms with van der Waals surface area (Å²) in [5.74, 6) is 1.94. The quantitative estimate of drug-likeness (QED) is 0.650. The molecule has 7 nitrogen and oxygen atoms in total. The fourth-order valence-corrected chi connectivity index (χ4v) is 3.64. The van der Waals surface area contributed by atoms with E-state index >= 15 is 0 Å². The van der Waals surface area contributed by atoms with Crippen LogP contribution in [0.1, 0.15) is 39.3 Å². The standard InChI is InChI=1S/C23H33N5O2S/c1-23(2,3)30-21-18(25-11-12-26-21)15-28-13-9-17(10-14-28)16-29-20-8-6-5-7-19(20)27(4)22(24)31/h5-8,11-12,17H,9-10,13-16H2,1-4H3,(H2,24,31). The van der Waals surface area contributed by atoms with Crippen molar-refractivity contribution in [3.63, 3.8) is 0 Å². The van der Waals surface area contributed by atoms with Gasteiger partial charge in [-0.2, -0.15) is 0 Å². The van der Waals surface area contributed by atoms with Gasteiger partial charge in [-0.3, -0.25) is 9.88 Å². The van der Waals surface area contributed by atoms with Crippen LogP contribution in [-0.4, -0.2) is 52.3 Å². The molecule has 0 atom stereocenters. The molecule has 0 aliphatic carbocycles. The Labute approximate surface area is 190 Å². The molecule has 2 heterocycles. The molecule has 1 aliphatic rings. The van der Waals surface area contributed by atoms with Crippen molar-refractivity contribution in [3.05, 3.63) is 42.4 Å². The van der Waals surface area contributed by atoms with E-state index in [0.717, 1.165) is 49.6 Å². The number of aromatic nitrogens is 2. The number of benzene rings is 1. The minimum absolute atomic E-state index is 0.298. The number of hydrogen-bond acceptors (Lipinski definition) is 6. The summed E-state index contributed by atoms with van der Waals surface area (Å²) in [5.41, 5.74) is 7.26. The van der Waals surface area contributed by atoms with E-state index in [1.54, 1.807) is 17.3 Å². The first-order chi connectivity index (χ1) is 14.7. The Bertz CT molecular complexity index is 878. The van der Waals surface area contributed by atoms with Crippen LogP contribution in [0.25, 0.3) is 0 Å². The molecule has 0 spiro atoms. The third-order valence-corrected chi connectivity index (χ3v) is 5.52. The summed E-state index contributed by atoms with van der Waals surface area (Å²) in [7, 11) is 1.85. The van der Waals surface area contributed by atoms with Crippen LogP contribution in [0.15, 0.2) is 36.7 Å².